The lowest BCUT2D eigenvalue weighted by Gasteiger charge is -2.07. The van der Waals surface area contributed by atoms with Gasteiger partial charge in [0.25, 0.3) is 0 Å². The Bertz CT molecular complexity index is 446. The molecule has 0 atom stereocenters. The number of phenolic OH excluding ortho intramolecular Hbond substituents is 1. The molecule has 1 nitrogen and oxygen atoms in total. The molecular formula is C21H34I2O. The van der Waals surface area contributed by atoms with Gasteiger partial charge < -0.3 is 5.11 Å². The first-order valence-corrected chi connectivity index (χ1v) is 12.0. The van der Waals surface area contributed by atoms with Gasteiger partial charge in [0.1, 0.15) is 5.75 Å². The van der Waals surface area contributed by atoms with Gasteiger partial charge in [-0.3, -0.25) is 0 Å². The molecule has 3 heteroatoms. The van der Waals surface area contributed by atoms with Crippen LogP contribution in [-0.2, 0) is 6.42 Å². The normalized spacial score (nSPS) is 11.1. The van der Waals surface area contributed by atoms with Crippen molar-refractivity contribution in [2.75, 3.05) is 0 Å². The lowest BCUT2D eigenvalue weighted by atomic mass is 10.0. The van der Waals surface area contributed by atoms with E-state index in [0.29, 0.717) is 5.75 Å². The number of halogens is 2. The molecular weight excluding hydrogens is 522 g/mol. The van der Waals surface area contributed by atoms with E-state index >= 15 is 0 Å². The minimum Gasteiger partial charge on any atom is -0.507 e. The molecule has 1 aromatic rings. The second-order valence-corrected chi connectivity index (χ2v) is 9.21. The maximum atomic E-state index is 9.82. The molecule has 0 saturated heterocycles. The van der Waals surface area contributed by atoms with Crippen LogP contribution in [0.2, 0.25) is 0 Å². The van der Waals surface area contributed by atoms with E-state index in [0.717, 1.165) is 9.99 Å². The molecule has 0 saturated carbocycles. The largest absolute Gasteiger partial charge is 0.507 e. The van der Waals surface area contributed by atoms with Gasteiger partial charge >= 0.3 is 0 Å². The first-order valence-electron chi connectivity index (χ1n) is 9.82. The predicted molar refractivity (Wildman–Crippen MR) is 123 cm³/mol. The van der Waals surface area contributed by atoms with Gasteiger partial charge in [-0.15, -0.1) is 0 Å². The van der Waals surface area contributed by atoms with E-state index in [-0.39, 0.29) is 0 Å². The predicted octanol–water partition coefficient (Wildman–Crippen LogP) is 8.24. The van der Waals surface area contributed by atoms with Crippen molar-refractivity contribution in [2.45, 2.75) is 96.8 Å². The van der Waals surface area contributed by atoms with Gasteiger partial charge in [-0.25, -0.2) is 0 Å². The Labute approximate surface area is 176 Å². The highest BCUT2D eigenvalue weighted by atomic mass is 127. The number of phenols is 1. The molecule has 138 valence electrons. The molecule has 0 aliphatic heterocycles. The third kappa shape index (κ3) is 10.5. The molecule has 1 aromatic carbocycles. The van der Waals surface area contributed by atoms with Crippen molar-refractivity contribution in [2.24, 2.45) is 0 Å². The molecule has 24 heavy (non-hydrogen) atoms. The van der Waals surface area contributed by atoms with Crippen LogP contribution < -0.4 is 0 Å². The number of hydrogen-bond acceptors (Lipinski definition) is 1. The summed E-state index contributed by atoms with van der Waals surface area (Å²) in [6.07, 6.45) is 19.2. The van der Waals surface area contributed by atoms with Crippen molar-refractivity contribution in [3.05, 3.63) is 24.8 Å². The lowest BCUT2D eigenvalue weighted by molar-refractivity contribution is 0.470. The number of aryl methyl sites for hydroxylation is 1. The number of rotatable bonds is 14. The van der Waals surface area contributed by atoms with Crippen molar-refractivity contribution < 1.29 is 5.11 Å². The van der Waals surface area contributed by atoms with Gasteiger partial charge in [0, 0.05) is 3.57 Å². The smallest absolute Gasteiger partial charge is 0.129 e. The van der Waals surface area contributed by atoms with E-state index in [1.54, 1.807) is 0 Å². The highest BCUT2D eigenvalue weighted by Crippen LogP contribution is 2.26. The van der Waals surface area contributed by atoms with Gasteiger partial charge in [-0.05, 0) is 75.7 Å². The van der Waals surface area contributed by atoms with Gasteiger partial charge in [0.2, 0.25) is 0 Å². The number of hydrogen-bond donors (Lipinski definition) is 1. The summed E-state index contributed by atoms with van der Waals surface area (Å²) < 4.78 is 2.24. The topological polar surface area (TPSA) is 20.2 Å². The van der Waals surface area contributed by atoms with E-state index in [1.807, 2.05) is 6.07 Å². The van der Waals surface area contributed by atoms with E-state index in [1.165, 1.54) is 92.6 Å². The Balaban J connectivity index is 1.93. The van der Waals surface area contributed by atoms with Crippen LogP contribution in [0.4, 0.5) is 0 Å². The highest BCUT2D eigenvalue weighted by molar-refractivity contribution is 14.1. The summed E-state index contributed by atoms with van der Waals surface area (Å²) in [5.74, 6) is 0.431. The standard InChI is InChI=1S/C21H34I2O/c1-2-3-4-5-6-7-8-9-10-11-12-13-14-15-18-16-21(24)20(23)17-19(18)22/h16-17,24H,2-15H2,1H3. The second kappa shape index (κ2) is 14.6. The number of aromatic hydroxyl groups is 1. The van der Waals surface area contributed by atoms with Crippen LogP contribution in [0, 0.1) is 7.14 Å². The zero-order valence-electron chi connectivity index (χ0n) is 15.3. The minimum atomic E-state index is 0.431. The average Bonchev–Trinajstić information content (AvgIpc) is 2.56. The van der Waals surface area contributed by atoms with E-state index < -0.39 is 0 Å². The fourth-order valence-corrected chi connectivity index (χ4v) is 4.91. The quantitative estimate of drug-likeness (QED) is 0.181. The Kier molecular flexibility index (Phi) is 13.7. The number of benzene rings is 1. The third-order valence-corrected chi connectivity index (χ3v) is 6.53. The third-order valence-electron chi connectivity index (χ3n) is 4.67. The van der Waals surface area contributed by atoms with Crippen LogP contribution in [0.5, 0.6) is 5.75 Å². The molecule has 0 aromatic heterocycles. The van der Waals surface area contributed by atoms with Crippen LogP contribution in [0.15, 0.2) is 12.1 Å². The summed E-state index contributed by atoms with van der Waals surface area (Å²) in [6, 6.07) is 4.03. The molecule has 0 aliphatic carbocycles. The summed E-state index contributed by atoms with van der Waals surface area (Å²) in [7, 11) is 0. The molecule has 0 heterocycles. The fourth-order valence-electron chi connectivity index (χ4n) is 3.11. The van der Waals surface area contributed by atoms with Gasteiger partial charge in [0.15, 0.2) is 0 Å². The van der Waals surface area contributed by atoms with Gasteiger partial charge in [0.05, 0.1) is 3.57 Å². The SMILES string of the molecule is CCCCCCCCCCCCCCCc1cc(O)c(I)cc1I. The summed E-state index contributed by atoms with van der Waals surface area (Å²) in [4.78, 5) is 0. The van der Waals surface area contributed by atoms with Crippen molar-refractivity contribution in [3.8, 4) is 5.75 Å². The average molecular weight is 556 g/mol. The monoisotopic (exact) mass is 556 g/mol. The van der Waals surface area contributed by atoms with Crippen molar-refractivity contribution in [1.82, 2.24) is 0 Å². The second-order valence-electron chi connectivity index (χ2n) is 6.89. The molecule has 0 fully saturated rings. The molecule has 0 spiro atoms. The van der Waals surface area contributed by atoms with Crippen LogP contribution in [0.25, 0.3) is 0 Å². The summed E-state index contributed by atoms with van der Waals surface area (Å²) in [6.45, 7) is 2.28. The molecule has 0 radical (unpaired) electrons. The molecule has 0 amide bonds. The van der Waals surface area contributed by atoms with Crippen LogP contribution in [0.3, 0.4) is 0 Å². The van der Waals surface area contributed by atoms with Crippen molar-refractivity contribution in [1.29, 1.82) is 0 Å². The first-order chi connectivity index (χ1) is 11.6. The van der Waals surface area contributed by atoms with E-state index in [4.69, 9.17) is 0 Å². The van der Waals surface area contributed by atoms with E-state index in [2.05, 4.69) is 58.2 Å². The fraction of sp³-hybridized carbons (Fsp3) is 0.714. The lowest BCUT2D eigenvalue weighted by Crippen LogP contribution is -1.92. The van der Waals surface area contributed by atoms with Crippen molar-refractivity contribution in [3.63, 3.8) is 0 Å². The number of unbranched alkanes of at least 4 members (excludes halogenated alkanes) is 12. The zero-order chi connectivity index (χ0) is 17.6. The van der Waals surface area contributed by atoms with Crippen LogP contribution in [-0.4, -0.2) is 5.11 Å². The van der Waals surface area contributed by atoms with Crippen LogP contribution in [0.1, 0.15) is 96.0 Å². The van der Waals surface area contributed by atoms with Gasteiger partial charge in [-0.2, -0.15) is 0 Å². The Morgan fingerprint density at radius 3 is 1.62 bits per heavy atom. The summed E-state index contributed by atoms with van der Waals surface area (Å²) >= 11 is 4.57. The Morgan fingerprint density at radius 2 is 1.12 bits per heavy atom. The first kappa shape index (κ1) is 22.5. The maximum Gasteiger partial charge on any atom is 0.129 e. The highest BCUT2D eigenvalue weighted by Gasteiger charge is 2.05. The molecule has 1 N–H and O–H groups in total. The zero-order valence-corrected chi connectivity index (χ0v) is 19.6. The Hall–Kier alpha value is 0.480. The van der Waals surface area contributed by atoms with Crippen LogP contribution >= 0.6 is 45.2 Å². The minimum absolute atomic E-state index is 0.431. The van der Waals surface area contributed by atoms with E-state index in [9.17, 15) is 5.11 Å². The molecule has 0 aliphatic rings. The van der Waals surface area contributed by atoms with Gasteiger partial charge in [-0.1, -0.05) is 84.0 Å². The summed E-state index contributed by atoms with van der Waals surface area (Å²) in [5.41, 5.74) is 1.30. The summed E-state index contributed by atoms with van der Waals surface area (Å²) in [5, 5.41) is 9.82. The van der Waals surface area contributed by atoms with Crippen molar-refractivity contribution >= 4 is 45.2 Å². The molecule has 0 unspecified atom stereocenters. The maximum absolute atomic E-state index is 9.82. The molecule has 1 rings (SSSR count). The Morgan fingerprint density at radius 1 is 0.667 bits per heavy atom. The molecule has 0 bridgehead atoms.